The summed E-state index contributed by atoms with van der Waals surface area (Å²) in [5.74, 6) is 1.94. The minimum atomic E-state index is -0.157. The zero-order valence-electron chi connectivity index (χ0n) is 12.6. The molecule has 0 saturated heterocycles. The van der Waals surface area contributed by atoms with E-state index in [1.165, 1.54) is 0 Å². The van der Waals surface area contributed by atoms with Gasteiger partial charge in [-0.1, -0.05) is 11.6 Å². The van der Waals surface area contributed by atoms with Crippen LogP contribution in [0.5, 0.6) is 11.5 Å². The van der Waals surface area contributed by atoms with Gasteiger partial charge in [-0.05, 0) is 25.5 Å². The smallest absolute Gasteiger partial charge is 0.251 e. The molecule has 2 aliphatic rings. The zero-order valence-corrected chi connectivity index (χ0v) is 13.4. The molecule has 1 aromatic carbocycles. The predicted octanol–water partition coefficient (Wildman–Crippen LogP) is 2.32. The summed E-state index contributed by atoms with van der Waals surface area (Å²) in [5, 5.41) is 3.45. The number of benzene rings is 1. The minimum absolute atomic E-state index is 0.0767. The first-order valence-corrected chi connectivity index (χ1v) is 7.90. The van der Waals surface area contributed by atoms with Crippen LogP contribution in [-0.2, 0) is 13.0 Å². The third kappa shape index (κ3) is 2.63. The molecule has 23 heavy (non-hydrogen) atoms. The Labute approximate surface area is 138 Å². The predicted molar refractivity (Wildman–Crippen MR) is 84.1 cm³/mol. The third-order valence-electron chi connectivity index (χ3n) is 4.14. The van der Waals surface area contributed by atoms with Crippen LogP contribution in [0.3, 0.4) is 0 Å². The van der Waals surface area contributed by atoms with E-state index in [-0.39, 0.29) is 18.7 Å². The van der Waals surface area contributed by atoms with Crippen molar-refractivity contribution in [2.24, 2.45) is 0 Å². The van der Waals surface area contributed by atoms with Gasteiger partial charge in [0.2, 0.25) is 6.79 Å². The average molecular weight is 334 g/mol. The second-order valence-electron chi connectivity index (χ2n) is 5.85. The van der Waals surface area contributed by atoms with Gasteiger partial charge in [0.05, 0.1) is 10.7 Å². The molecule has 4 rings (SSSR count). The monoisotopic (exact) mass is 333 g/mol. The summed E-state index contributed by atoms with van der Waals surface area (Å²) in [5.41, 5.74) is 1.49. The van der Waals surface area contributed by atoms with Crippen molar-refractivity contribution in [3.63, 3.8) is 0 Å². The molecule has 0 spiro atoms. The molecule has 120 valence electrons. The molecule has 0 radical (unpaired) electrons. The van der Waals surface area contributed by atoms with E-state index in [2.05, 4.69) is 14.9 Å². The van der Waals surface area contributed by atoms with E-state index >= 15 is 0 Å². The van der Waals surface area contributed by atoms with Gasteiger partial charge in [0.1, 0.15) is 5.82 Å². The number of carbonyl (C=O) groups is 1. The molecule has 2 aliphatic heterocycles. The van der Waals surface area contributed by atoms with Crippen molar-refractivity contribution in [3.8, 4) is 11.5 Å². The molecule has 2 aromatic rings. The van der Waals surface area contributed by atoms with Gasteiger partial charge in [0.15, 0.2) is 11.5 Å². The highest BCUT2D eigenvalue weighted by Crippen LogP contribution is 2.39. The van der Waals surface area contributed by atoms with Crippen molar-refractivity contribution in [2.75, 3.05) is 6.79 Å². The van der Waals surface area contributed by atoms with Gasteiger partial charge in [-0.3, -0.25) is 4.79 Å². The van der Waals surface area contributed by atoms with Crippen LogP contribution in [0.15, 0.2) is 18.3 Å². The Hall–Kier alpha value is -2.21. The lowest BCUT2D eigenvalue weighted by Gasteiger charge is -2.24. The highest BCUT2D eigenvalue weighted by atomic mass is 35.5. The molecular weight excluding hydrogens is 318 g/mol. The van der Waals surface area contributed by atoms with E-state index < -0.39 is 0 Å². The number of nitrogens with zero attached hydrogens (tertiary/aromatic N) is 2. The quantitative estimate of drug-likeness (QED) is 0.916. The summed E-state index contributed by atoms with van der Waals surface area (Å²) < 4.78 is 12.7. The number of imidazole rings is 1. The van der Waals surface area contributed by atoms with Crippen molar-refractivity contribution < 1.29 is 14.3 Å². The first kappa shape index (κ1) is 14.4. The number of rotatable bonds is 2. The number of amides is 1. The van der Waals surface area contributed by atoms with Crippen LogP contribution >= 0.6 is 11.6 Å². The first-order chi connectivity index (χ1) is 11.1. The number of hydrogen-bond donors (Lipinski definition) is 1. The average Bonchev–Trinajstić information content (AvgIpc) is 3.12. The molecule has 0 aliphatic carbocycles. The van der Waals surface area contributed by atoms with E-state index in [0.29, 0.717) is 22.1 Å². The topological polar surface area (TPSA) is 65.4 Å². The van der Waals surface area contributed by atoms with Gasteiger partial charge in [-0.25, -0.2) is 4.98 Å². The first-order valence-electron chi connectivity index (χ1n) is 7.53. The molecule has 0 unspecified atom stereocenters. The number of fused-ring (bicyclic) bond motifs is 2. The van der Waals surface area contributed by atoms with Crippen LogP contribution in [0.1, 0.15) is 28.3 Å². The normalized spacial score (nSPS) is 18.6. The van der Waals surface area contributed by atoms with E-state index in [1.54, 1.807) is 12.1 Å². The number of hydrogen-bond acceptors (Lipinski definition) is 4. The molecule has 6 nitrogen and oxygen atoms in total. The minimum Gasteiger partial charge on any atom is -0.454 e. The summed E-state index contributed by atoms with van der Waals surface area (Å²) >= 11 is 6.13. The molecule has 1 atom stereocenters. The van der Waals surface area contributed by atoms with Crippen LogP contribution in [0.4, 0.5) is 0 Å². The largest absolute Gasteiger partial charge is 0.454 e. The number of aromatic nitrogens is 2. The Kier molecular flexibility index (Phi) is 3.41. The highest BCUT2D eigenvalue weighted by molar-refractivity contribution is 6.32. The van der Waals surface area contributed by atoms with Gasteiger partial charge >= 0.3 is 0 Å². The third-order valence-corrected chi connectivity index (χ3v) is 4.42. The van der Waals surface area contributed by atoms with E-state index in [4.69, 9.17) is 21.1 Å². The number of ether oxygens (including phenoxy) is 2. The molecule has 7 heteroatoms. The number of aryl methyl sites for hydroxylation is 2. The molecule has 0 saturated carbocycles. The molecule has 1 N–H and O–H groups in total. The van der Waals surface area contributed by atoms with Crippen LogP contribution in [0.2, 0.25) is 5.02 Å². The zero-order chi connectivity index (χ0) is 16.0. The van der Waals surface area contributed by atoms with Crippen LogP contribution < -0.4 is 14.8 Å². The van der Waals surface area contributed by atoms with E-state index in [9.17, 15) is 4.79 Å². The molecule has 0 bridgehead atoms. The van der Waals surface area contributed by atoms with Crippen molar-refractivity contribution in [2.45, 2.75) is 32.4 Å². The Morgan fingerprint density at radius 1 is 1.43 bits per heavy atom. The maximum atomic E-state index is 12.5. The second kappa shape index (κ2) is 5.45. The number of nitrogens with one attached hydrogen (secondary N) is 1. The molecule has 1 aromatic heterocycles. The Morgan fingerprint density at radius 2 is 2.30 bits per heavy atom. The fourth-order valence-electron chi connectivity index (χ4n) is 3.07. The van der Waals surface area contributed by atoms with Crippen molar-refractivity contribution in [1.29, 1.82) is 0 Å². The lowest BCUT2D eigenvalue weighted by molar-refractivity contribution is 0.0927. The van der Waals surface area contributed by atoms with Gasteiger partial charge in [0.25, 0.3) is 5.91 Å². The maximum Gasteiger partial charge on any atom is 0.251 e. The standard InChI is InChI=1S/C16H16ClN3O3/c1-9-6-20-7-11(2-3-14(20)18-9)19-16(21)10-4-12(17)15-13(5-10)22-8-23-15/h4-6,11H,2-3,7-8H2,1H3,(H,19,21)/t11-/m1/s1. The van der Waals surface area contributed by atoms with Crippen LogP contribution in [0.25, 0.3) is 0 Å². The summed E-state index contributed by atoms with van der Waals surface area (Å²) in [7, 11) is 0. The van der Waals surface area contributed by atoms with E-state index in [0.717, 1.165) is 30.9 Å². The van der Waals surface area contributed by atoms with Crippen LogP contribution in [-0.4, -0.2) is 28.3 Å². The van der Waals surface area contributed by atoms with Crippen molar-refractivity contribution in [3.05, 3.63) is 40.4 Å². The highest BCUT2D eigenvalue weighted by Gasteiger charge is 2.24. The summed E-state index contributed by atoms with van der Waals surface area (Å²) in [6.45, 7) is 2.85. The van der Waals surface area contributed by atoms with Crippen molar-refractivity contribution in [1.82, 2.24) is 14.9 Å². The number of carbonyl (C=O) groups excluding carboxylic acids is 1. The fourth-order valence-corrected chi connectivity index (χ4v) is 3.34. The lowest BCUT2D eigenvalue weighted by Crippen LogP contribution is -2.40. The van der Waals surface area contributed by atoms with Gasteiger partial charge in [-0.15, -0.1) is 0 Å². The fraction of sp³-hybridized carbons (Fsp3) is 0.375. The molecule has 0 fully saturated rings. The number of halogens is 1. The van der Waals surface area contributed by atoms with Crippen LogP contribution in [0, 0.1) is 6.92 Å². The summed E-state index contributed by atoms with van der Waals surface area (Å²) in [6, 6.07) is 3.35. The Bertz CT molecular complexity index is 787. The SMILES string of the molecule is Cc1cn2c(n1)CC[C@@H](NC(=O)c1cc(Cl)c3c(c1)OCO3)C2. The van der Waals surface area contributed by atoms with Crippen molar-refractivity contribution >= 4 is 17.5 Å². The lowest BCUT2D eigenvalue weighted by atomic mass is 10.1. The molecule has 1 amide bonds. The summed E-state index contributed by atoms with van der Waals surface area (Å²) in [6.07, 6.45) is 3.76. The van der Waals surface area contributed by atoms with Gasteiger partial charge in [0, 0.05) is 30.8 Å². The molecule has 3 heterocycles. The Morgan fingerprint density at radius 3 is 3.17 bits per heavy atom. The summed E-state index contributed by atoms with van der Waals surface area (Å²) in [4.78, 5) is 17.0. The van der Waals surface area contributed by atoms with E-state index in [1.807, 2.05) is 13.1 Å². The second-order valence-corrected chi connectivity index (χ2v) is 6.26. The molecular formula is C16H16ClN3O3. The van der Waals surface area contributed by atoms with Gasteiger partial charge < -0.3 is 19.4 Å². The maximum absolute atomic E-state index is 12.5. The Balaban J connectivity index is 1.50. The van der Waals surface area contributed by atoms with Gasteiger partial charge in [-0.2, -0.15) is 0 Å².